The first kappa shape index (κ1) is 16.1. The van der Waals surface area contributed by atoms with Crippen LogP contribution in [0.1, 0.15) is 30.7 Å². The van der Waals surface area contributed by atoms with Gasteiger partial charge in [0.05, 0.1) is 13.0 Å². The summed E-state index contributed by atoms with van der Waals surface area (Å²) in [6.45, 7) is -0.591. The average Bonchev–Trinajstić information content (AvgIpc) is 2.87. The van der Waals surface area contributed by atoms with Gasteiger partial charge in [0.15, 0.2) is 5.78 Å². The van der Waals surface area contributed by atoms with Crippen molar-refractivity contribution < 1.29 is 23.6 Å². The molecule has 0 bridgehead atoms. The fourth-order valence-corrected chi connectivity index (χ4v) is 3.19. The number of esters is 1. The topological polar surface area (TPSA) is 86.5 Å². The number of carbonyl (C=O) groups excluding carboxylic acids is 2. The molecule has 1 saturated carbocycles. The Hall–Kier alpha value is -2.31. The van der Waals surface area contributed by atoms with Gasteiger partial charge in [0.1, 0.15) is 11.2 Å². The van der Waals surface area contributed by atoms with Crippen molar-refractivity contribution >= 4 is 11.8 Å². The zero-order chi connectivity index (χ0) is 16.3. The molecule has 0 spiro atoms. The summed E-state index contributed by atoms with van der Waals surface area (Å²) in [5.74, 6) is -2.57. The molecule has 1 aromatic rings. The van der Waals surface area contributed by atoms with Crippen molar-refractivity contribution in [3.8, 4) is 0 Å². The maximum atomic E-state index is 13.1. The van der Waals surface area contributed by atoms with E-state index in [1.54, 1.807) is 0 Å². The Kier molecular flexibility index (Phi) is 4.54. The van der Waals surface area contributed by atoms with E-state index < -0.39 is 34.6 Å². The first-order valence-electron chi connectivity index (χ1n) is 6.91. The second kappa shape index (κ2) is 6.21. The van der Waals surface area contributed by atoms with Crippen LogP contribution in [0.4, 0.5) is 4.39 Å². The Morgan fingerprint density at radius 1 is 1.45 bits per heavy atom. The maximum absolute atomic E-state index is 13.1. The highest BCUT2D eigenvalue weighted by atomic mass is 19.1. The highest BCUT2D eigenvalue weighted by molar-refractivity contribution is 6.06. The van der Waals surface area contributed by atoms with E-state index in [0.717, 1.165) is 19.2 Å². The van der Waals surface area contributed by atoms with Crippen LogP contribution in [0, 0.1) is 21.3 Å². The second-order valence-corrected chi connectivity index (χ2v) is 5.36. The van der Waals surface area contributed by atoms with Crippen LogP contribution in [-0.2, 0) is 14.3 Å². The first-order valence-corrected chi connectivity index (χ1v) is 6.91. The van der Waals surface area contributed by atoms with Crippen molar-refractivity contribution in [2.24, 2.45) is 5.41 Å². The fraction of sp³-hybridized carbons (Fsp3) is 0.467. The summed E-state index contributed by atoms with van der Waals surface area (Å²) >= 11 is 0. The Labute approximate surface area is 126 Å². The van der Waals surface area contributed by atoms with Gasteiger partial charge in [-0.15, -0.1) is 0 Å². The molecule has 2 rings (SSSR count). The minimum Gasteiger partial charge on any atom is -0.468 e. The molecule has 22 heavy (non-hydrogen) atoms. The monoisotopic (exact) mass is 309 g/mol. The summed E-state index contributed by atoms with van der Waals surface area (Å²) in [4.78, 5) is 35.1. The predicted molar refractivity (Wildman–Crippen MR) is 74.3 cm³/mol. The molecular formula is C15H16FNO5. The number of ether oxygens (including phenoxy) is 1. The van der Waals surface area contributed by atoms with Gasteiger partial charge in [-0.3, -0.25) is 19.7 Å². The molecule has 2 atom stereocenters. The molecule has 0 saturated heterocycles. The lowest BCUT2D eigenvalue weighted by Gasteiger charge is -2.31. The number of hydrogen-bond donors (Lipinski definition) is 0. The molecule has 0 amide bonds. The van der Waals surface area contributed by atoms with Crippen LogP contribution in [0.25, 0.3) is 0 Å². The van der Waals surface area contributed by atoms with Crippen LogP contribution < -0.4 is 0 Å². The number of nitro groups is 1. The van der Waals surface area contributed by atoms with Gasteiger partial charge in [0.2, 0.25) is 6.54 Å². The zero-order valence-electron chi connectivity index (χ0n) is 12.1. The van der Waals surface area contributed by atoms with Gasteiger partial charge in [-0.05, 0) is 30.5 Å². The van der Waals surface area contributed by atoms with E-state index in [1.165, 1.54) is 12.1 Å². The number of rotatable bonds is 5. The van der Waals surface area contributed by atoms with Crippen molar-refractivity contribution in [3.05, 3.63) is 45.8 Å². The van der Waals surface area contributed by atoms with Gasteiger partial charge in [0.25, 0.3) is 0 Å². The highest BCUT2D eigenvalue weighted by Gasteiger charge is 2.57. The average molecular weight is 309 g/mol. The normalized spacial score (nSPS) is 22.4. The molecule has 118 valence electrons. The van der Waals surface area contributed by atoms with Crippen molar-refractivity contribution in [1.82, 2.24) is 0 Å². The molecule has 0 heterocycles. The van der Waals surface area contributed by atoms with E-state index in [-0.39, 0.29) is 18.6 Å². The molecule has 0 radical (unpaired) electrons. The molecule has 1 aliphatic carbocycles. The van der Waals surface area contributed by atoms with E-state index in [4.69, 9.17) is 4.74 Å². The summed E-state index contributed by atoms with van der Waals surface area (Å²) in [6, 6.07) is 5.07. The van der Waals surface area contributed by atoms with Crippen LogP contribution in [0.3, 0.4) is 0 Å². The Balaban J connectivity index is 2.54. The van der Waals surface area contributed by atoms with Crippen LogP contribution in [0.15, 0.2) is 24.3 Å². The third-order valence-electron chi connectivity index (χ3n) is 4.22. The summed E-state index contributed by atoms with van der Waals surface area (Å²) in [5, 5.41) is 11.0. The molecule has 0 unspecified atom stereocenters. The number of benzene rings is 1. The predicted octanol–water partition coefficient (Wildman–Crippen LogP) is 2.10. The summed E-state index contributed by atoms with van der Waals surface area (Å²) in [5.41, 5.74) is -1.17. The smallest absolute Gasteiger partial charge is 0.320 e. The minimum atomic E-state index is -1.56. The van der Waals surface area contributed by atoms with E-state index in [9.17, 15) is 24.1 Å². The van der Waals surface area contributed by atoms with Gasteiger partial charge < -0.3 is 4.74 Å². The summed E-state index contributed by atoms with van der Waals surface area (Å²) < 4.78 is 17.9. The molecule has 0 N–H and O–H groups in total. The van der Waals surface area contributed by atoms with E-state index in [1.807, 2.05) is 0 Å². The summed E-state index contributed by atoms with van der Waals surface area (Å²) in [6.07, 6.45) is 0.863. The van der Waals surface area contributed by atoms with Crippen molar-refractivity contribution in [2.45, 2.75) is 25.2 Å². The standard InChI is InChI=1S/C15H16FNO5/c1-22-14(19)15(8-2-3-13(15)18)12(9-17(20)21)10-4-6-11(16)7-5-10/h4-7,12H,2-3,8-9H2,1H3/t12-,15-/m1/s1. The molecule has 7 heteroatoms. The van der Waals surface area contributed by atoms with E-state index in [2.05, 4.69) is 0 Å². The van der Waals surface area contributed by atoms with Gasteiger partial charge >= 0.3 is 5.97 Å². The van der Waals surface area contributed by atoms with E-state index in [0.29, 0.717) is 12.0 Å². The van der Waals surface area contributed by atoms with Gasteiger partial charge in [-0.2, -0.15) is 0 Å². The quantitative estimate of drug-likeness (QED) is 0.360. The Morgan fingerprint density at radius 3 is 2.55 bits per heavy atom. The molecule has 6 nitrogen and oxygen atoms in total. The van der Waals surface area contributed by atoms with Crippen molar-refractivity contribution in [3.63, 3.8) is 0 Å². The first-order chi connectivity index (χ1) is 10.4. The molecule has 0 aliphatic heterocycles. The number of halogens is 1. The zero-order valence-corrected chi connectivity index (χ0v) is 12.1. The van der Waals surface area contributed by atoms with Crippen molar-refractivity contribution in [2.75, 3.05) is 13.7 Å². The molecule has 1 aromatic carbocycles. The van der Waals surface area contributed by atoms with Crippen LogP contribution in [-0.4, -0.2) is 30.3 Å². The SMILES string of the molecule is COC(=O)[C@@]1([C@H](C[N+](=O)[O-])c2ccc(F)cc2)CCCC1=O. The second-order valence-electron chi connectivity index (χ2n) is 5.36. The van der Waals surface area contributed by atoms with Crippen molar-refractivity contribution in [1.29, 1.82) is 0 Å². The molecule has 1 fully saturated rings. The minimum absolute atomic E-state index is 0.185. The van der Waals surface area contributed by atoms with Gasteiger partial charge in [0, 0.05) is 11.3 Å². The molecule has 0 aromatic heterocycles. The van der Waals surface area contributed by atoms with Crippen LogP contribution in [0.5, 0.6) is 0 Å². The number of Topliss-reactive ketones (excluding diaryl/α,β-unsaturated/α-hetero) is 1. The van der Waals surface area contributed by atoms with E-state index >= 15 is 0 Å². The Morgan fingerprint density at radius 2 is 2.09 bits per heavy atom. The third-order valence-corrected chi connectivity index (χ3v) is 4.22. The maximum Gasteiger partial charge on any atom is 0.320 e. The third kappa shape index (κ3) is 2.70. The van der Waals surface area contributed by atoms with Crippen LogP contribution in [0.2, 0.25) is 0 Å². The van der Waals surface area contributed by atoms with Gasteiger partial charge in [-0.25, -0.2) is 4.39 Å². The summed E-state index contributed by atoms with van der Waals surface area (Å²) in [7, 11) is 1.16. The lowest BCUT2D eigenvalue weighted by Crippen LogP contribution is -2.44. The van der Waals surface area contributed by atoms with Crippen LogP contribution >= 0.6 is 0 Å². The number of hydrogen-bond acceptors (Lipinski definition) is 5. The number of nitrogens with zero attached hydrogens (tertiary/aromatic N) is 1. The lowest BCUT2D eigenvalue weighted by atomic mass is 9.70. The van der Waals surface area contributed by atoms with Gasteiger partial charge in [-0.1, -0.05) is 12.1 Å². The fourth-order valence-electron chi connectivity index (χ4n) is 3.19. The largest absolute Gasteiger partial charge is 0.468 e. The number of carbonyl (C=O) groups is 2. The molecule has 1 aliphatic rings. The number of methoxy groups -OCH3 is 1. The number of ketones is 1. The Bertz CT molecular complexity index is 600. The highest BCUT2D eigenvalue weighted by Crippen LogP contribution is 2.47. The lowest BCUT2D eigenvalue weighted by molar-refractivity contribution is -0.485. The molecular weight excluding hydrogens is 293 g/mol.